The average molecular weight is 309 g/mol. The van der Waals surface area contributed by atoms with E-state index in [1.165, 1.54) is 4.31 Å². The van der Waals surface area contributed by atoms with Gasteiger partial charge in [-0.3, -0.25) is 0 Å². The van der Waals surface area contributed by atoms with E-state index in [2.05, 4.69) is 11.8 Å². The molecule has 0 aromatic heterocycles. The summed E-state index contributed by atoms with van der Waals surface area (Å²) in [4.78, 5) is 0.231. The molecule has 0 amide bonds. The highest BCUT2D eigenvalue weighted by Crippen LogP contribution is 2.22. The zero-order valence-corrected chi connectivity index (χ0v) is 13.9. The number of hydrogen-bond donors (Lipinski definition) is 1. The van der Waals surface area contributed by atoms with Crippen molar-refractivity contribution >= 4 is 10.0 Å². The molecule has 1 aromatic rings. The first kappa shape index (κ1) is 17.7. The van der Waals surface area contributed by atoms with Gasteiger partial charge < -0.3 is 5.11 Å². The Hall–Kier alpha value is -1.35. The third-order valence-electron chi connectivity index (χ3n) is 3.07. The second-order valence-corrected chi connectivity index (χ2v) is 6.94. The maximum absolute atomic E-state index is 12.8. The second-order valence-electron chi connectivity index (χ2n) is 5.08. The summed E-state index contributed by atoms with van der Waals surface area (Å²) in [5.41, 5.74) is 1.44. The van der Waals surface area contributed by atoms with Gasteiger partial charge in [0, 0.05) is 24.6 Å². The highest BCUT2D eigenvalue weighted by molar-refractivity contribution is 7.89. The molecule has 0 heterocycles. The Morgan fingerprint density at radius 3 is 2.52 bits per heavy atom. The minimum absolute atomic E-state index is 0.0338. The van der Waals surface area contributed by atoms with Crippen molar-refractivity contribution in [1.82, 2.24) is 4.31 Å². The Balaban J connectivity index is 3.39. The fraction of sp³-hybridized carbons (Fsp3) is 0.500. The summed E-state index contributed by atoms with van der Waals surface area (Å²) in [6.45, 7) is 7.81. The number of aliphatic hydroxyl groups excluding tert-OH is 1. The van der Waals surface area contributed by atoms with Gasteiger partial charge in [0.25, 0.3) is 0 Å². The number of aryl methyl sites for hydroxylation is 1. The maximum Gasteiger partial charge on any atom is 0.244 e. The van der Waals surface area contributed by atoms with E-state index in [9.17, 15) is 8.42 Å². The minimum Gasteiger partial charge on any atom is -0.395 e. The molecule has 1 rings (SSSR count). The molecule has 4 nitrogen and oxygen atoms in total. The van der Waals surface area contributed by atoms with E-state index in [-0.39, 0.29) is 17.5 Å². The fourth-order valence-electron chi connectivity index (χ4n) is 2.12. The van der Waals surface area contributed by atoms with Gasteiger partial charge in [0.2, 0.25) is 10.0 Å². The maximum atomic E-state index is 12.8. The third kappa shape index (κ3) is 4.31. The Labute approximate surface area is 127 Å². The highest BCUT2D eigenvalue weighted by atomic mass is 32.2. The van der Waals surface area contributed by atoms with Gasteiger partial charge in [-0.05, 0) is 38.5 Å². The summed E-state index contributed by atoms with van der Waals surface area (Å²) in [5.74, 6) is 5.66. The molecule has 116 valence electrons. The van der Waals surface area contributed by atoms with Gasteiger partial charge in [-0.15, -0.1) is 0 Å². The monoisotopic (exact) mass is 309 g/mol. The van der Waals surface area contributed by atoms with Gasteiger partial charge in [0.15, 0.2) is 0 Å². The zero-order chi connectivity index (χ0) is 16.0. The lowest BCUT2D eigenvalue weighted by atomic mass is 10.1. The standard InChI is InChI=1S/C16H23NO3S/c1-5-17(13(2)3)21(19,20)16-10-9-14(4)12-15(16)8-6-7-11-18/h9-10,12-13,18H,5,7,11H2,1-4H3. The summed E-state index contributed by atoms with van der Waals surface area (Å²) in [6, 6.07) is 5.04. The van der Waals surface area contributed by atoms with E-state index in [0.717, 1.165) is 5.56 Å². The smallest absolute Gasteiger partial charge is 0.244 e. The Kier molecular flexibility index (Phi) is 6.41. The number of sulfonamides is 1. The van der Waals surface area contributed by atoms with Crippen molar-refractivity contribution in [2.75, 3.05) is 13.2 Å². The number of benzene rings is 1. The van der Waals surface area contributed by atoms with Crippen LogP contribution in [0.4, 0.5) is 0 Å². The Morgan fingerprint density at radius 2 is 2.00 bits per heavy atom. The molecule has 0 atom stereocenters. The summed E-state index contributed by atoms with van der Waals surface area (Å²) >= 11 is 0. The molecule has 1 N–H and O–H groups in total. The van der Waals surface area contributed by atoms with Gasteiger partial charge in [-0.25, -0.2) is 8.42 Å². The quantitative estimate of drug-likeness (QED) is 0.848. The summed E-state index contributed by atoms with van der Waals surface area (Å²) in [6.07, 6.45) is 0.328. The predicted molar refractivity (Wildman–Crippen MR) is 84.5 cm³/mol. The van der Waals surface area contributed by atoms with Crippen LogP contribution in [0.15, 0.2) is 23.1 Å². The van der Waals surface area contributed by atoms with Crippen molar-refractivity contribution in [2.24, 2.45) is 0 Å². The zero-order valence-electron chi connectivity index (χ0n) is 13.0. The van der Waals surface area contributed by atoms with Gasteiger partial charge in [0.05, 0.1) is 11.5 Å². The molecule has 1 aromatic carbocycles. The van der Waals surface area contributed by atoms with E-state index >= 15 is 0 Å². The molecular weight excluding hydrogens is 286 g/mol. The van der Waals surface area contributed by atoms with E-state index < -0.39 is 10.0 Å². The normalized spacial score (nSPS) is 11.6. The van der Waals surface area contributed by atoms with Crippen molar-refractivity contribution < 1.29 is 13.5 Å². The van der Waals surface area contributed by atoms with Crippen molar-refractivity contribution in [3.8, 4) is 11.8 Å². The Morgan fingerprint density at radius 1 is 1.33 bits per heavy atom. The minimum atomic E-state index is -3.57. The lowest BCUT2D eigenvalue weighted by molar-refractivity contribution is 0.305. The van der Waals surface area contributed by atoms with Crippen molar-refractivity contribution in [3.63, 3.8) is 0 Å². The molecule has 0 unspecified atom stereocenters. The van der Waals surface area contributed by atoms with Crippen LogP contribution in [-0.2, 0) is 10.0 Å². The van der Waals surface area contributed by atoms with Crippen LogP contribution in [0.5, 0.6) is 0 Å². The number of rotatable bonds is 5. The summed E-state index contributed by atoms with van der Waals surface area (Å²) < 4.78 is 27.0. The van der Waals surface area contributed by atoms with Gasteiger partial charge in [-0.2, -0.15) is 4.31 Å². The predicted octanol–water partition coefficient (Wildman–Crippen LogP) is 2.15. The molecule has 0 aliphatic rings. The molecule has 0 fully saturated rings. The SMILES string of the molecule is CCN(C(C)C)S(=O)(=O)c1ccc(C)cc1C#CCCO. The van der Waals surface area contributed by atoms with Crippen LogP contribution < -0.4 is 0 Å². The summed E-state index contributed by atoms with van der Waals surface area (Å²) in [7, 11) is -3.57. The van der Waals surface area contributed by atoms with Crippen LogP contribution >= 0.6 is 0 Å². The molecule has 5 heteroatoms. The van der Waals surface area contributed by atoms with Gasteiger partial charge in [0.1, 0.15) is 0 Å². The van der Waals surface area contributed by atoms with Gasteiger partial charge >= 0.3 is 0 Å². The molecule has 0 saturated carbocycles. The molecule has 0 bridgehead atoms. The van der Waals surface area contributed by atoms with E-state index in [1.807, 2.05) is 27.7 Å². The van der Waals surface area contributed by atoms with Gasteiger partial charge in [-0.1, -0.05) is 24.8 Å². The average Bonchev–Trinajstić information content (AvgIpc) is 2.38. The van der Waals surface area contributed by atoms with Crippen molar-refractivity contribution in [2.45, 2.75) is 45.1 Å². The van der Waals surface area contributed by atoms with E-state index in [4.69, 9.17) is 5.11 Å². The topological polar surface area (TPSA) is 57.6 Å². The van der Waals surface area contributed by atoms with Crippen LogP contribution in [0, 0.1) is 18.8 Å². The molecule has 0 aliphatic heterocycles. The lowest BCUT2D eigenvalue weighted by Gasteiger charge is -2.25. The van der Waals surface area contributed by atoms with Crippen LogP contribution in [0.3, 0.4) is 0 Å². The molecule has 0 saturated heterocycles. The molecule has 0 radical (unpaired) electrons. The molecule has 0 spiro atoms. The number of nitrogens with zero attached hydrogens (tertiary/aromatic N) is 1. The van der Waals surface area contributed by atoms with E-state index in [1.54, 1.807) is 18.2 Å². The van der Waals surface area contributed by atoms with Crippen molar-refractivity contribution in [1.29, 1.82) is 0 Å². The largest absolute Gasteiger partial charge is 0.395 e. The summed E-state index contributed by atoms with van der Waals surface area (Å²) in [5, 5.41) is 8.80. The van der Waals surface area contributed by atoms with Crippen LogP contribution in [0.1, 0.15) is 38.3 Å². The molecular formula is C16H23NO3S. The first-order chi connectivity index (χ1) is 9.84. The molecule has 0 aliphatic carbocycles. The first-order valence-electron chi connectivity index (χ1n) is 7.06. The third-order valence-corrected chi connectivity index (χ3v) is 5.28. The second kappa shape index (κ2) is 7.60. The first-order valence-corrected chi connectivity index (χ1v) is 8.50. The lowest BCUT2D eigenvalue weighted by Crippen LogP contribution is -2.37. The van der Waals surface area contributed by atoms with E-state index in [0.29, 0.717) is 18.5 Å². The van der Waals surface area contributed by atoms with Crippen molar-refractivity contribution in [3.05, 3.63) is 29.3 Å². The van der Waals surface area contributed by atoms with Crippen LogP contribution in [0.25, 0.3) is 0 Å². The van der Waals surface area contributed by atoms with Crippen LogP contribution in [-0.4, -0.2) is 37.0 Å². The number of hydrogen-bond acceptors (Lipinski definition) is 3. The molecule has 21 heavy (non-hydrogen) atoms. The number of aliphatic hydroxyl groups is 1. The Bertz CT molecular complexity index is 639. The fourth-order valence-corrected chi connectivity index (χ4v) is 3.89. The van der Waals surface area contributed by atoms with Crippen LogP contribution in [0.2, 0.25) is 0 Å². The highest BCUT2D eigenvalue weighted by Gasteiger charge is 2.27.